The maximum absolute atomic E-state index is 13.6. The van der Waals surface area contributed by atoms with Crippen LogP contribution >= 0.6 is 7.75 Å². The van der Waals surface area contributed by atoms with E-state index in [-0.39, 0.29) is 11.7 Å². The molecule has 1 amide bonds. The monoisotopic (exact) mass is 460 g/mol. The van der Waals surface area contributed by atoms with Crippen LogP contribution in [0.5, 0.6) is 5.75 Å². The molecule has 0 bridgehead atoms. The molecule has 0 aliphatic carbocycles. The number of esters is 1. The number of carbonyl (C=O) groups excluding carboxylic acids is 2. The van der Waals surface area contributed by atoms with Gasteiger partial charge in [-0.05, 0) is 31.9 Å². The van der Waals surface area contributed by atoms with Crippen LogP contribution in [0.1, 0.15) is 27.7 Å². The van der Waals surface area contributed by atoms with Crippen LogP contribution in [-0.2, 0) is 32.9 Å². The minimum absolute atomic E-state index is 0.235. The van der Waals surface area contributed by atoms with Crippen molar-refractivity contribution in [2.75, 3.05) is 13.7 Å². The number of rotatable bonds is 10. The minimum Gasteiger partial charge on any atom is -0.468 e. The molecule has 0 spiro atoms. The highest BCUT2D eigenvalue weighted by Gasteiger charge is 2.47. The molecule has 1 aliphatic heterocycles. The van der Waals surface area contributed by atoms with E-state index in [1.54, 1.807) is 58.0 Å². The molecule has 1 unspecified atom stereocenters. The molecule has 2 rings (SSSR count). The van der Waals surface area contributed by atoms with Crippen LogP contribution in [-0.4, -0.2) is 54.8 Å². The molecule has 3 N–H and O–H groups in total. The van der Waals surface area contributed by atoms with Crippen molar-refractivity contribution in [3.05, 3.63) is 30.3 Å². The first-order valence-corrected chi connectivity index (χ1v) is 11.2. The van der Waals surface area contributed by atoms with Crippen LogP contribution in [0.15, 0.2) is 30.3 Å². The van der Waals surface area contributed by atoms with E-state index < -0.39 is 50.3 Å². The number of benzene rings is 1. The summed E-state index contributed by atoms with van der Waals surface area (Å²) in [4.78, 5) is 24.1. The summed E-state index contributed by atoms with van der Waals surface area (Å²) < 4.78 is 40.6. The minimum atomic E-state index is -4.16. The molecule has 1 heterocycles. The van der Waals surface area contributed by atoms with Gasteiger partial charge in [0.15, 0.2) is 11.9 Å². The number of hydroxylamine groups is 1. The summed E-state index contributed by atoms with van der Waals surface area (Å²) in [5, 5.41) is 11.6. The maximum Gasteiger partial charge on any atom is 0.459 e. The van der Waals surface area contributed by atoms with Gasteiger partial charge in [-0.15, -0.1) is 0 Å². The van der Waals surface area contributed by atoms with E-state index >= 15 is 0 Å². The van der Waals surface area contributed by atoms with Gasteiger partial charge in [-0.25, -0.2) is 10.0 Å². The second-order valence-corrected chi connectivity index (χ2v) is 9.34. The lowest BCUT2D eigenvalue weighted by Gasteiger charge is -2.27. The molecular formula is C19H29N2O9P. The van der Waals surface area contributed by atoms with Gasteiger partial charge < -0.3 is 18.7 Å². The Morgan fingerprint density at radius 3 is 2.42 bits per heavy atom. The van der Waals surface area contributed by atoms with Crippen LogP contribution in [0.25, 0.3) is 0 Å². The van der Waals surface area contributed by atoms with Gasteiger partial charge in [0.1, 0.15) is 17.9 Å². The van der Waals surface area contributed by atoms with Crippen molar-refractivity contribution in [3.63, 3.8) is 0 Å². The van der Waals surface area contributed by atoms with E-state index in [2.05, 4.69) is 5.09 Å². The summed E-state index contributed by atoms with van der Waals surface area (Å²) in [5.74, 6) is -2.70. The number of nitrogens with one attached hydrogen (secondary N) is 2. The Bertz CT molecular complexity index is 803. The molecule has 0 saturated carbocycles. The van der Waals surface area contributed by atoms with Crippen molar-refractivity contribution in [3.8, 4) is 5.75 Å². The quantitative estimate of drug-likeness (QED) is 0.205. The predicted octanol–water partition coefficient (Wildman–Crippen LogP) is 2.00. The zero-order valence-electron chi connectivity index (χ0n) is 18.1. The fourth-order valence-electron chi connectivity index (χ4n) is 2.90. The number of hydrogen-bond donors (Lipinski definition) is 3. The predicted molar refractivity (Wildman–Crippen MR) is 108 cm³/mol. The summed E-state index contributed by atoms with van der Waals surface area (Å²) >= 11 is 0. The molecule has 12 heteroatoms. The summed E-state index contributed by atoms with van der Waals surface area (Å²) in [6.45, 7) is 6.23. The largest absolute Gasteiger partial charge is 0.468 e. The number of para-hydroxylation sites is 1. The van der Waals surface area contributed by atoms with Crippen molar-refractivity contribution in [2.24, 2.45) is 5.92 Å². The zero-order chi connectivity index (χ0) is 23.2. The van der Waals surface area contributed by atoms with Crippen LogP contribution < -0.4 is 15.1 Å². The second-order valence-electron chi connectivity index (χ2n) is 7.64. The van der Waals surface area contributed by atoms with E-state index in [0.29, 0.717) is 0 Å². The molecule has 1 aromatic carbocycles. The molecule has 174 valence electrons. The Morgan fingerprint density at radius 2 is 1.87 bits per heavy atom. The van der Waals surface area contributed by atoms with Gasteiger partial charge in [0.05, 0.1) is 13.7 Å². The standard InChI is InChI=1S/C19H29N2O9P/c1-12(2)15(18(23)26-5)21-31(25,30-13-9-7-6-8-10-13)27-11-14-16(17(22)20-24)29-19(3,4)28-14/h6-10,12,14-16,24H,11H2,1-5H3,(H,20,22)(H,21,25)/t14-,15-,16-,31?/m1/s1. The molecular weight excluding hydrogens is 431 g/mol. The third-order valence-electron chi connectivity index (χ3n) is 4.35. The van der Waals surface area contributed by atoms with Gasteiger partial charge in [-0.3, -0.25) is 19.3 Å². The first kappa shape index (κ1) is 25.3. The number of amides is 1. The molecule has 1 fully saturated rings. The molecule has 0 aromatic heterocycles. The molecule has 4 atom stereocenters. The second kappa shape index (κ2) is 10.5. The van der Waals surface area contributed by atoms with E-state index in [9.17, 15) is 14.2 Å². The average molecular weight is 460 g/mol. The highest BCUT2D eigenvalue weighted by atomic mass is 31.2. The van der Waals surface area contributed by atoms with E-state index in [1.807, 2.05) is 0 Å². The Labute approximate surface area is 180 Å². The van der Waals surface area contributed by atoms with Gasteiger partial charge in [0, 0.05) is 0 Å². The zero-order valence-corrected chi connectivity index (χ0v) is 19.0. The topological polar surface area (TPSA) is 142 Å². The summed E-state index contributed by atoms with van der Waals surface area (Å²) in [5.41, 5.74) is 1.50. The highest BCUT2D eigenvalue weighted by Crippen LogP contribution is 2.46. The molecule has 1 aromatic rings. The molecule has 31 heavy (non-hydrogen) atoms. The van der Waals surface area contributed by atoms with Crippen molar-refractivity contribution in [1.82, 2.24) is 10.6 Å². The Morgan fingerprint density at radius 1 is 1.23 bits per heavy atom. The molecule has 11 nitrogen and oxygen atoms in total. The van der Waals surface area contributed by atoms with Crippen LogP contribution in [0, 0.1) is 5.92 Å². The normalized spacial score (nSPS) is 23.1. The fraction of sp³-hybridized carbons (Fsp3) is 0.579. The Kier molecular flexibility index (Phi) is 8.58. The number of carbonyl (C=O) groups is 2. The Hall–Kier alpha value is -2.01. The average Bonchev–Trinajstić information content (AvgIpc) is 3.04. The SMILES string of the molecule is COC(=O)[C@H](NP(=O)(OC[C@H]1OC(C)(C)O[C@H]1C(=O)NO)Oc1ccccc1)C(C)C. The first-order valence-electron chi connectivity index (χ1n) is 9.64. The van der Waals surface area contributed by atoms with Crippen molar-refractivity contribution in [1.29, 1.82) is 0 Å². The lowest BCUT2D eigenvalue weighted by molar-refractivity contribution is -0.160. The fourth-order valence-corrected chi connectivity index (χ4v) is 4.56. The van der Waals surface area contributed by atoms with Gasteiger partial charge in [0.25, 0.3) is 5.91 Å². The van der Waals surface area contributed by atoms with Gasteiger partial charge in [0.2, 0.25) is 0 Å². The molecule has 1 aliphatic rings. The van der Waals surface area contributed by atoms with E-state index in [0.717, 1.165) is 0 Å². The lowest BCUT2D eigenvalue weighted by atomic mass is 10.1. The summed E-state index contributed by atoms with van der Waals surface area (Å²) in [6, 6.07) is 7.26. The van der Waals surface area contributed by atoms with Gasteiger partial charge in [-0.2, -0.15) is 5.09 Å². The van der Waals surface area contributed by atoms with Gasteiger partial charge in [-0.1, -0.05) is 32.0 Å². The number of methoxy groups -OCH3 is 1. The van der Waals surface area contributed by atoms with Crippen LogP contribution in [0.3, 0.4) is 0 Å². The van der Waals surface area contributed by atoms with Crippen molar-refractivity contribution in [2.45, 2.75) is 51.7 Å². The highest BCUT2D eigenvalue weighted by molar-refractivity contribution is 7.52. The van der Waals surface area contributed by atoms with Crippen LogP contribution in [0.4, 0.5) is 0 Å². The Balaban J connectivity index is 2.24. The number of ether oxygens (including phenoxy) is 3. The maximum atomic E-state index is 13.6. The summed E-state index contributed by atoms with van der Waals surface area (Å²) in [6.07, 6.45) is -2.22. The smallest absolute Gasteiger partial charge is 0.459 e. The van der Waals surface area contributed by atoms with Crippen molar-refractivity contribution >= 4 is 19.6 Å². The van der Waals surface area contributed by atoms with Crippen molar-refractivity contribution < 1.29 is 42.6 Å². The van der Waals surface area contributed by atoms with E-state index in [1.165, 1.54) is 12.6 Å². The van der Waals surface area contributed by atoms with Gasteiger partial charge >= 0.3 is 13.7 Å². The van der Waals surface area contributed by atoms with E-state index in [4.69, 9.17) is 28.5 Å². The number of hydrogen-bond acceptors (Lipinski definition) is 9. The first-order chi connectivity index (χ1) is 14.5. The van der Waals surface area contributed by atoms with Crippen LogP contribution in [0.2, 0.25) is 0 Å². The summed E-state index contributed by atoms with van der Waals surface area (Å²) in [7, 11) is -2.94. The molecule has 1 saturated heterocycles. The third-order valence-corrected chi connectivity index (χ3v) is 5.88. The molecule has 0 radical (unpaired) electrons. The lowest BCUT2D eigenvalue weighted by Crippen LogP contribution is -2.43. The third kappa shape index (κ3) is 6.99.